The third-order valence-corrected chi connectivity index (χ3v) is 5.99. The summed E-state index contributed by atoms with van der Waals surface area (Å²) in [5.74, 6) is 0.684. The van der Waals surface area contributed by atoms with Crippen molar-refractivity contribution in [2.45, 2.75) is 45.2 Å². The number of hydrogen-bond donors (Lipinski definition) is 1. The van der Waals surface area contributed by atoms with E-state index in [-0.39, 0.29) is 0 Å². The molecule has 0 saturated heterocycles. The quantitative estimate of drug-likeness (QED) is 0.895. The van der Waals surface area contributed by atoms with Gasteiger partial charge < -0.3 is 5.73 Å². The molecule has 2 N–H and O–H groups in total. The van der Waals surface area contributed by atoms with E-state index in [4.69, 9.17) is 5.73 Å². The molecule has 21 heavy (non-hydrogen) atoms. The lowest BCUT2D eigenvalue weighted by Crippen LogP contribution is -2.44. The van der Waals surface area contributed by atoms with Gasteiger partial charge in [0, 0.05) is 17.3 Å². The van der Waals surface area contributed by atoms with Crippen LogP contribution < -0.4 is 5.73 Å². The first-order valence-corrected chi connectivity index (χ1v) is 9.10. The first kappa shape index (κ1) is 15.0. The Kier molecular flexibility index (Phi) is 4.94. The van der Waals surface area contributed by atoms with E-state index in [9.17, 15) is 0 Å². The third kappa shape index (κ3) is 3.15. The number of nitrogens with zero attached hydrogens (tertiary/aromatic N) is 1. The fourth-order valence-corrected chi connectivity index (χ4v) is 4.74. The molecule has 1 aliphatic rings. The van der Waals surface area contributed by atoms with Crippen molar-refractivity contribution in [1.82, 2.24) is 4.90 Å². The first-order valence-electron chi connectivity index (χ1n) is 8.22. The van der Waals surface area contributed by atoms with Crippen LogP contribution in [-0.4, -0.2) is 24.0 Å². The minimum Gasteiger partial charge on any atom is -0.330 e. The lowest BCUT2D eigenvalue weighted by Gasteiger charge is -2.39. The smallest absolute Gasteiger partial charge is 0.0346 e. The van der Waals surface area contributed by atoms with Crippen molar-refractivity contribution < 1.29 is 0 Å². The minimum absolute atomic E-state index is 0.674. The van der Waals surface area contributed by atoms with Gasteiger partial charge in [0.1, 0.15) is 0 Å². The van der Waals surface area contributed by atoms with E-state index in [0.717, 1.165) is 19.6 Å². The maximum Gasteiger partial charge on any atom is 0.0346 e. The lowest BCUT2D eigenvalue weighted by atomic mass is 9.83. The van der Waals surface area contributed by atoms with Gasteiger partial charge >= 0.3 is 0 Å². The van der Waals surface area contributed by atoms with Gasteiger partial charge in [-0.05, 0) is 54.2 Å². The van der Waals surface area contributed by atoms with E-state index in [1.165, 1.54) is 41.3 Å². The third-order valence-electron chi connectivity index (χ3n) is 4.98. The van der Waals surface area contributed by atoms with E-state index in [1.807, 2.05) is 11.3 Å². The van der Waals surface area contributed by atoms with Crippen molar-refractivity contribution >= 4 is 21.4 Å². The maximum absolute atomic E-state index is 6.03. The highest BCUT2D eigenvalue weighted by atomic mass is 32.1. The molecule has 1 aromatic carbocycles. The zero-order chi connectivity index (χ0) is 14.7. The van der Waals surface area contributed by atoms with Gasteiger partial charge in [-0.15, -0.1) is 11.3 Å². The summed E-state index contributed by atoms with van der Waals surface area (Å²) in [6.45, 7) is 5.31. The number of benzene rings is 1. The molecule has 3 rings (SSSR count). The van der Waals surface area contributed by atoms with E-state index < -0.39 is 0 Å². The Balaban J connectivity index is 1.80. The van der Waals surface area contributed by atoms with Crippen molar-refractivity contribution in [3.63, 3.8) is 0 Å². The summed E-state index contributed by atoms with van der Waals surface area (Å²) < 4.78 is 1.41. The molecule has 1 aromatic heterocycles. The van der Waals surface area contributed by atoms with Gasteiger partial charge in [-0.2, -0.15) is 0 Å². The summed E-state index contributed by atoms with van der Waals surface area (Å²) in [5, 5.41) is 3.77. The normalized spacial score (nSPS) is 23.0. The van der Waals surface area contributed by atoms with Gasteiger partial charge in [0.2, 0.25) is 0 Å². The second kappa shape index (κ2) is 6.91. The van der Waals surface area contributed by atoms with Crippen molar-refractivity contribution in [3.05, 3.63) is 35.2 Å². The molecule has 2 nitrogen and oxygen atoms in total. The van der Waals surface area contributed by atoms with Crippen LogP contribution in [0.25, 0.3) is 10.1 Å². The molecule has 0 bridgehead atoms. The van der Waals surface area contributed by atoms with Crippen LogP contribution in [0.1, 0.15) is 38.2 Å². The molecule has 2 unspecified atom stereocenters. The van der Waals surface area contributed by atoms with Crippen LogP contribution in [0.15, 0.2) is 29.6 Å². The van der Waals surface area contributed by atoms with Gasteiger partial charge in [-0.3, -0.25) is 4.90 Å². The number of fused-ring (bicyclic) bond motifs is 1. The van der Waals surface area contributed by atoms with Crippen LogP contribution >= 0.6 is 11.3 Å². The maximum atomic E-state index is 6.03. The average molecular weight is 302 g/mol. The molecular formula is C18H26N2S. The first-order chi connectivity index (χ1) is 10.3. The van der Waals surface area contributed by atoms with Crippen LogP contribution in [0, 0.1) is 5.92 Å². The van der Waals surface area contributed by atoms with Crippen LogP contribution in [0.4, 0.5) is 0 Å². The Hall–Kier alpha value is -0.900. The Morgan fingerprint density at radius 3 is 2.86 bits per heavy atom. The summed E-state index contributed by atoms with van der Waals surface area (Å²) >= 11 is 1.87. The fourth-order valence-electron chi connectivity index (χ4n) is 3.78. The molecule has 0 radical (unpaired) electrons. The van der Waals surface area contributed by atoms with Gasteiger partial charge in [0.25, 0.3) is 0 Å². The predicted octanol–water partition coefficient (Wildman–Crippen LogP) is 4.24. The predicted molar refractivity (Wildman–Crippen MR) is 92.7 cm³/mol. The Labute approximate surface area is 131 Å². The highest BCUT2D eigenvalue weighted by Gasteiger charge is 2.28. The second-order valence-corrected chi connectivity index (χ2v) is 7.08. The van der Waals surface area contributed by atoms with Gasteiger partial charge in [0.05, 0.1) is 0 Å². The molecule has 0 aliphatic heterocycles. The Morgan fingerprint density at radius 2 is 2.05 bits per heavy atom. The molecule has 2 aromatic rings. The molecular weight excluding hydrogens is 276 g/mol. The van der Waals surface area contributed by atoms with Gasteiger partial charge in [0.15, 0.2) is 0 Å². The van der Waals surface area contributed by atoms with Crippen LogP contribution in [0.5, 0.6) is 0 Å². The zero-order valence-electron chi connectivity index (χ0n) is 12.9. The SMILES string of the molecule is CCN(Cc1csc2ccccc12)C1CCCCC1CN. The van der Waals surface area contributed by atoms with Gasteiger partial charge in [-0.1, -0.05) is 38.0 Å². The van der Waals surface area contributed by atoms with E-state index in [0.29, 0.717) is 12.0 Å². The van der Waals surface area contributed by atoms with Crippen LogP contribution in [0.3, 0.4) is 0 Å². The Bertz CT molecular complexity index is 577. The van der Waals surface area contributed by atoms with Crippen molar-refractivity contribution in [1.29, 1.82) is 0 Å². The number of hydrogen-bond acceptors (Lipinski definition) is 3. The summed E-state index contributed by atoms with van der Waals surface area (Å²) in [4.78, 5) is 2.66. The molecule has 0 spiro atoms. The van der Waals surface area contributed by atoms with E-state index in [1.54, 1.807) is 0 Å². The lowest BCUT2D eigenvalue weighted by molar-refractivity contribution is 0.106. The van der Waals surface area contributed by atoms with E-state index >= 15 is 0 Å². The number of rotatable bonds is 5. The number of thiophene rings is 1. The standard InChI is InChI=1S/C18H26N2S/c1-2-20(17-9-5-3-7-14(17)11-19)12-15-13-21-18-10-6-4-8-16(15)18/h4,6,8,10,13-14,17H,2-3,5,7,9,11-12,19H2,1H3. The highest BCUT2D eigenvalue weighted by Crippen LogP contribution is 2.31. The monoisotopic (exact) mass is 302 g/mol. The van der Waals surface area contributed by atoms with Crippen LogP contribution in [-0.2, 0) is 6.54 Å². The summed E-state index contributed by atoms with van der Waals surface area (Å²) in [7, 11) is 0. The highest BCUT2D eigenvalue weighted by molar-refractivity contribution is 7.17. The molecule has 0 amide bonds. The van der Waals surface area contributed by atoms with E-state index in [2.05, 4.69) is 41.5 Å². The van der Waals surface area contributed by atoms with Crippen molar-refractivity contribution in [2.24, 2.45) is 11.7 Å². The molecule has 1 heterocycles. The summed E-state index contributed by atoms with van der Waals surface area (Å²) in [5.41, 5.74) is 7.51. The second-order valence-electron chi connectivity index (χ2n) is 6.17. The summed E-state index contributed by atoms with van der Waals surface area (Å²) in [6.07, 6.45) is 5.35. The molecule has 2 atom stereocenters. The van der Waals surface area contributed by atoms with Crippen molar-refractivity contribution in [2.75, 3.05) is 13.1 Å². The van der Waals surface area contributed by atoms with Crippen molar-refractivity contribution in [3.8, 4) is 0 Å². The molecule has 114 valence electrons. The Morgan fingerprint density at radius 1 is 1.24 bits per heavy atom. The van der Waals surface area contributed by atoms with Gasteiger partial charge in [-0.25, -0.2) is 0 Å². The number of nitrogens with two attached hydrogens (primary N) is 1. The molecule has 1 saturated carbocycles. The van der Waals surface area contributed by atoms with Crippen LogP contribution in [0.2, 0.25) is 0 Å². The molecule has 3 heteroatoms. The molecule has 1 aliphatic carbocycles. The molecule has 1 fully saturated rings. The minimum atomic E-state index is 0.674. The average Bonchev–Trinajstić information content (AvgIpc) is 2.95. The fraction of sp³-hybridized carbons (Fsp3) is 0.556. The summed E-state index contributed by atoms with van der Waals surface area (Å²) in [6, 6.07) is 9.44. The topological polar surface area (TPSA) is 29.3 Å². The largest absolute Gasteiger partial charge is 0.330 e. The zero-order valence-corrected chi connectivity index (χ0v) is 13.7.